The Labute approximate surface area is 134 Å². The third-order valence-corrected chi connectivity index (χ3v) is 5.80. The van der Waals surface area contributed by atoms with Crippen LogP contribution in [0.5, 0.6) is 0 Å². The fraction of sp³-hybridized carbons (Fsp3) is 0.875. The summed E-state index contributed by atoms with van der Waals surface area (Å²) in [6.07, 6.45) is 1.28. The van der Waals surface area contributed by atoms with Gasteiger partial charge in [-0.1, -0.05) is 34.6 Å². The number of hydrogen-bond donors (Lipinski definition) is 2. The Morgan fingerprint density at radius 3 is 2.19 bits per heavy atom. The van der Waals surface area contributed by atoms with Crippen LogP contribution >= 0.6 is 12.2 Å². The Bertz CT molecular complexity index is 427. The van der Waals surface area contributed by atoms with Gasteiger partial charge in [-0.05, 0) is 41.3 Å². The molecule has 2 aliphatic heterocycles. The quantitative estimate of drug-likeness (QED) is 0.766. The van der Waals surface area contributed by atoms with E-state index in [9.17, 15) is 4.79 Å². The lowest BCUT2D eigenvalue weighted by molar-refractivity contribution is -0.155. The molecule has 0 aromatic carbocycles. The van der Waals surface area contributed by atoms with Crippen molar-refractivity contribution >= 4 is 23.2 Å². The van der Waals surface area contributed by atoms with Gasteiger partial charge in [0, 0.05) is 20.1 Å². The molecule has 0 aromatic rings. The van der Waals surface area contributed by atoms with Crippen LogP contribution in [0.3, 0.4) is 0 Å². The van der Waals surface area contributed by atoms with Crippen LogP contribution in [0.1, 0.15) is 41.0 Å². The van der Waals surface area contributed by atoms with E-state index in [1.165, 1.54) is 6.42 Å². The largest absolute Gasteiger partial charge is 0.366 e. The average molecular weight is 311 g/mol. The Balaban J connectivity index is 2.08. The molecule has 120 valence electrons. The number of carbonyl (C=O) groups excluding carboxylic acids is 1. The van der Waals surface area contributed by atoms with Crippen LogP contribution in [0.4, 0.5) is 0 Å². The highest BCUT2D eigenvalue weighted by atomic mass is 32.1. The number of fused-ring (bicyclic) bond motifs is 2. The highest BCUT2D eigenvalue weighted by molar-refractivity contribution is 7.80. The Morgan fingerprint density at radius 1 is 1.29 bits per heavy atom. The lowest BCUT2D eigenvalue weighted by atomic mass is 9.52. The van der Waals surface area contributed by atoms with Gasteiger partial charge in [0.15, 0.2) is 5.11 Å². The van der Waals surface area contributed by atoms with Gasteiger partial charge < -0.3 is 15.5 Å². The van der Waals surface area contributed by atoms with Crippen LogP contribution in [-0.4, -0.2) is 42.1 Å². The molecule has 4 nitrogen and oxygen atoms in total. The zero-order valence-electron chi connectivity index (χ0n) is 14.1. The van der Waals surface area contributed by atoms with Gasteiger partial charge in [0.05, 0.1) is 0 Å². The normalized spacial score (nSPS) is 28.4. The van der Waals surface area contributed by atoms with E-state index in [-0.39, 0.29) is 17.4 Å². The summed E-state index contributed by atoms with van der Waals surface area (Å²) in [4.78, 5) is 15.0. The van der Waals surface area contributed by atoms with Crippen molar-refractivity contribution in [1.29, 1.82) is 0 Å². The molecule has 2 saturated heterocycles. The maximum absolute atomic E-state index is 12.9. The SMILES string of the molecule is CNC(=S)N[C@H](C(=O)N1C[C@H]2C[C@@H](C1)C2(C)C)C(C)(C)C. The molecule has 21 heavy (non-hydrogen) atoms. The van der Waals surface area contributed by atoms with Crippen LogP contribution in [0.15, 0.2) is 0 Å². The van der Waals surface area contributed by atoms with E-state index in [0.29, 0.717) is 22.4 Å². The summed E-state index contributed by atoms with van der Waals surface area (Å²) in [5.41, 5.74) is 0.233. The number of thiocarbonyl (C=S) groups is 1. The minimum atomic E-state index is -0.280. The highest BCUT2D eigenvalue weighted by Crippen LogP contribution is 2.54. The molecule has 3 fully saturated rings. The van der Waals surface area contributed by atoms with Crippen LogP contribution in [0.25, 0.3) is 0 Å². The van der Waals surface area contributed by atoms with Crippen LogP contribution in [0.2, 0.25) is 0 Å². The maximum Gasteiger partial charge on any atom is 0.245 e. The lowest BCUT2D eigenvalue weighted by Gasteiger charge is -2.60. The van der Waals surface area contributed by atoms with Crippen molar-refractivity contribution in [2.24, 2.45) is 22.7 Å². The second-order valence-corrected chi connectivity index (χ2v) is 8.62. The van der Waals surface area contributed by atoms with E-state index < -0.39 is 0 Å². The van der Waals surface area contributed by atoms with Gasteiger partial charge in [-0.3, -0.25) is 4.79 Å². The zero-order chi connectivity index (χ0) is 16.0. The minimum Gasteiger partial charge on any atom is -0.366 e. The lowest BCUT2D eigenvalue weighted by Crippen LogP contribution is -2.65. The van der Waals surface area contributed by atoms with Crippen molar-refractivity contribution in [2.75, 3.05) is 20.1 Å². The molecule has 1 amide bonds. The first-order chi connectivity index (χ1) is 9.57. The third kappa shape index (κ3) is 3.03. The van der Waals surface area contributed by atoms with Gasteiger partial charge in [-0.15, -0.1) is 0 Å². The van der Waals surface area contributed by atoms with Crippen molar-refractivity contribution in [1.82, 2.24) is 15.5 Å². The molecule has 1 aliphatic carbocycles. The van der Waals surface area contributed by atoms with Crippen LogP contribution in [-0.2, 0) is 4.79 Å². The topological polar surface area (TPSA) is 44.4 Å². The molecule has 1 saturated carbocycles. The molecule has 3 aliphatic rings. The highest BCUT2D eigenvalue weighted by Gasteiger charge is 2.54. The van der Waals surface area contributed by atoms with Gasteiger partial charge in [0.2, 0.25) is 5.91 Å². The summed E-state index contributed by atoms with van der Waals surface area (Å²) < 4.78 is 0. The van der Waals surface area contributed by atoms with Crippen molar-refractivity contribution in [3.8, 4) is 0 Å². The molecule has 3 atom stereocenters. The van der Waals surface area contributed by atoms with Crippen molar-refractivity contribution in [2.45, 2.75) is 47.1 Å². The summed E-state index contributed by atoms with van der Waals surface area (Å²) in [6, 6.07) is -0.280. The van der Waals surface area contributed by atoms with Gasteiger partial charge >= 0.3 is 0 Å². The Hall–Kier alpha value is -0.840. The second-order valence-electron chi connectivity index (χ2n) is 8.22. The fourth-order valence-electron chi connectivity index (χ4n) is 3.56. The van der Waals surface area contributed by atoms with E-state index in [2.05, 4.69) is 45.3 Å². The molecule has 0 unspecified atom stereocenters. The first-order valence-corrected chi connectivity index (χ1v) is 8.25. The Morgan fingerprint density at radius 2 is 1.81 bits per heavy atom. The number of piperidine rings is 2. The first kappa shape index (κ1) is 16.5. The maximum atomic E-state index is 12.9. The van der Waals surface area contributed by atoms with E-state index in [4.69, 9.17) is 12.2 Å². The molecular weight excluding hydrogens is 282 g/mol. The van der Waals surface area contributed by atoms with E-state index in [1.54, 1.807) is 7.05 Å². The zero-order valence-corrected chi connectivity index (χ0v) is 14.9. The van der Waals surface area contributed by atoms with Crippen molar-refractivity contribution in [3.63, 3.8) is 0 Å². The average Bonchev–Trinajstić information content (AvgIpc) is 2.42. The summed E-state index contributed by atoms with van der Waals surface area (Å²) in [7, 11) is 1.78. The summed E-state index contributed by atoms with van der Waals surface area (Å²) in [5.74, 6) is 1.49. The number of nitrogens with one attached hydrogen (secondary N) is 2. The van der Waals surface area contributed by atoms with Gasteiger partial charge in [0.1, 0.15) is 6.04 Å². The molecule has 5 heteroatoms. The predicted octanol–water partition coefficient (Wildman–Crippen LogP) is 2.00. The number of nitrogens with zero attached hydrogens (tertiary/aromatic N) is 1. The molecular formula is C16H29N3OS. The molecule has 2 heterocycles. The van der Waals surface area contributed by atoms with E-state index >= 15 is 0 Å². The summed E-state index contributed by atoms with van der Waals surface area (Å²) in [6.45, 7) is 12.7. The molecule has 0 aromatic heterocycles. The predicted molar refractivity (Wildman–Crippen MR) is 90.0 cm³/mol. The number of carbonyl (C=O) groups is 1. The van der Waals surface area contributed by atoms with Crippen LogP contribution < -0.4 is 10.6 Å². The number of hydrogen-bond acceptors (Lipinski definition) is 2. The van der Waals surface area contributed by atoms with Gasteiger partial charge in [-0.25, -0.2) is 0 Å². The van der Waals surface area contributed by atoms with Crippen LogP contribution in [0, 0.1) is 22.7 Å². The summed E-state index contributed by atoms with van der Waals surface area (Å²) in [5, 5.41) is 6.62. The molecule has 3 rings (SSSR count). The number of rotatable bonds is 2. The number of amides is 1. The van der Waals surface area contributed by atoms with E-state index in [0.717, 1.165) is 13.1 Å². The fourth-order valence-corrected chi connectivity index (χ4v) is 3.68. The molecule has 0 spiro atoms. The molecule has 2 bridgehead atoms. The van der Waals surface area contributed by atoms with Gasteiger partial charge in [-0.2, -0.15) is 0 Å². The van der Waals surface area contributed by atoms with Gasteiger partial charge in [0.25, 0.3) is 0 Å². The van der Waals surface area contributed by atoms with E-state index in [1.807, 2.05) is 4.90 Å². The monoisotopic (exact) mass is 311 g/mol. The van der Waals surface area contributed by atoms with Crippen molar-refractivity contribution < 1.29 is 4.79 Å². The summed E-state index contributed by atoms with van der Waals surface area (Å²) >= 11 is 5.20. The Kier molecular flexibility index (Phi) is 4.26. The minimum absolute atomic E-state index is 0.171. The first-order valence-electron chi connectivity index (χ1n) is 7.84. The third-order valence-electron chi connectivity index (χ3n) is 5.48. The smallest absolute Gasteiger partial charge is 0.245 e. The standard InChI is InChI=1S/C16H29N3OS/c1-15(2,3)12(18-14(21)17-6)13(20)19-8-10-7-11(9-19)16(10,4)5/h10-12H,7-9H2,1-6H3,(H2,17,18,21)/t10-,11+,12-/m1/s1. The molecule has 0 radical (unpaired) electrons. The second kappa shape index (κ2) is 5.41. The van der Waals surface area contributed by atoms with Crippen molar-refractivity contribution in [3.05, 3.63) is 0 Å². The molecule has 2 N–H and O–H groups in total.